The molecule has 1 saturated heterocycles. The van der Waals surface area contributed by atoms with Crippen molar-refractivity contribution in [2.24, 2.45) is 11.8 Å². The number of rotatable bonds is 5. The Morgan fingerprint density at radius 1 is 1.23 bits per heavy atom. The number of furan rings is 1. The molecule has 140 valence electrons. The molecule has 1 aromatic carbocycles. The number of aryl methyl sites for hydroxylation is 1. The maximum absolute atomic E-state index is 13.3. The van der Waals surface area contributed by atoms with Crippen LogP contribution in [-0.2, 0) is 0 Å². The third-order valence-electron chi connectivity index (χ3n) is 4.91. The molecule has 0 unspecified atom stereocenters. The van der Waals surface area contributed by atoms with Crippen molar-refractivity contribution < 1.29 is 14.3 Å². The van der Waals surface area contributed by atoms with Gasteiger partial charge >= 0.3 is 0 Å². The predicted molar refractivity (Wildman–Crippen MR) is 102 cm³/mol. The van der Waals surface area contributed by atoms with E-state index in [1.807, 2.05) is 62.3 Å². The summed E-state index contributed by atoms with van der Waals surface area (Å²) in [4.78, 5) is 17.3. The van der Waals surface area contributed by atoms with E-state index in [1.54, 1.807) is 0 Å². The van der Waals surface area contributed by atoms with Crippen molar-refractivity contribution in [2.45, 2.75) is 13.3 Å². The molecular formula is C21H28N2O3. The zero-order valence-electron chi connectivity index (χ0n) is 15.8. The molecule has 1 aliphatic rings. The molecule has 0 radical (unpaired) electrons. The van der Waals surface area contributed by atoms with E-state index in [2.05, 4.69) is 4.90 Å². The quantitative estimate of drug-likeness (QED) is 0.895. The van der Waals surface area contributed by atoms with Crippen LogP contribution in [0.4, 0.5) is 0 Å². The van der Waals surface area contributed by atoms with Crippen molar-refractivity contribution in [1.82, 2.24) is 9.80 Å². The number of carbonyl (C=O) groups excluding carboxylic acids is 1. The van der Waals surface area contributed by atoms with Crippen molar-refractivity contribution in [2.75, 3.05) is 40.3 Å². The predicted octanol–water partition coefficient (Wildman–Crippen LogP) is 2.89. The summed E-state index contributed by atoms with van der Waals surface area (Å²) in [5, 5.41) is 9.68. The molecular weight excluding hydrogens is 328 g/mol. The number of aliphatic hydroxyl groups is 1. The largest absolute Gasteiger partial charge is 0.461 e. The Bertz CT molecular complexity index is 739. The van der Waals surface area contributed by atoms with Gasteiger partial charge < -0.3 is 19.3 Å². The van der Waals surface area contributed by atoms with E-state index >= 15 is 0 Å². The maximum atomic E-state index is 13.3. The number of likely N-dealkylation sites (tertiary alicyclic amines) is 1. The molecule has 5 nitrogen and oxygen atoms in total. The summed E-state index contributed by atoms with van der Waals surface area (Å²) >= 11 is 0. The molecule has 2 atom stereocenters. The van der Waals surface area contributed by atoms with Gasteiger partial charge in [0, 0.05) is 31.8 Å². The fraction of sp³-hybridized carbons (Fsp3) is 0.476. The van der Waals surface area contributed by atoms with Gasteiger partial charge in [0.2, 0.25) is 0 Å². The van der Waals surface area contributed by atoms with Crippen LogP contribution in [0.1, 0.15) is 22.5 Å². The van der Waals surface area contributed by atoms with Crippen molar-refractivity contribution >= 4 is 5.91 Å². The van der Waals surface area contributed by atoms with Gasteiger partial charge in [0.15, 0.2) is 0 Å². The summed E-state index contributed by atoms with van der Waals surface area (Å²) in [6, 6.07) is 11.6. The van der Waals surface area contributed by atoms with Crippen molar-refractivity contribution in [3.05, 3.63) is 47.7 Å². The lowest BCUT2D eigenvalue weighted by Gasteiger charge is -2.38. The van der Waals surface area contributed by atoms with Gasteiger partial charge in [-0.2, -0.15) is 0 Å². The number of carbonyl (C=O) groups is 1. The van der Waals surface area contributed by atoms with Crippen LogP contribution >= 0.6 is 0 Å². The number of amides is 1. The lowest BCUT2D eigenvalue weighted by Crippen LogP contribution is -2.47. The number of hydrogen-bond acceptors (Lipinski definition) is 4. The standard InChI is InChI=1S/C21H28N2O3/c1-15-9-19(20(26-15)18-7-5-4-6-8-18)21(25)23-12-16(11-22(2)3)10-17(13-23)14-24/h4-9,16-17,24H,10-14H2,1-3H3/t16-,17+/m1/s1. The second-order valence-corrected chi connectivity index (χ2v) is 7.59. The van der Waals surface area contributed by atoms with Gasteiger partial charge in [-0.1, -0.05) is 30.3 Å². The van der Waals surface area contributed by atoms with Gasteiger partial charge in [-0.25, -0.2) is 0 Å². The van der Waals surface area contributed by atoms with Gasteiger partial charge in [-0.15, -0.1) is 0 Å². The van der Waals surface area contributed by atoms with Crippen LogP contribution in [0.5, 0.6) is 0 Å². The van der Waals surface area contributed by atoms with Crippen LogP contribution in [0.15, 0.2) is 40.8 Å². The van der Waals surface area contributed by atoms with Crippen LogP contribution in [-0.4, -0.2) is 61.2 Å². The highest BCUT2D eigenvalue weighted by Crippen LogP contribution is 2.30. The molecule has 2 aromatic rings. The van der Waals surface area contributed by atoms with Crippen molar-refractivity contribution in [3.8, 4) is 11.3 Å². The Labute approximate surface area is 155 Å². The number of nitrogens with zero attached hydrogens (tertiary/aromatic N) is 2. The molecule has 0 saturated carbocycles. The third-order valence-corrected chi connectivity index (χ3v) is 4.91. The molecule has 1 fully saturated rings. The molecule has 1 aromatic heterocycles. The first kappa shape index (κ1) is 18.7. The number of hydrogen-bond donors (Lipinski definition) is 1. The van der Waals surface area contributed by atoms with Gasteiger partial charge in [-0.3, -0.25) is 4.79 Å². The number of benzene rings is 1. The van der Waals surface area contributed by atoms with E-state index in [1.165, 1.54) is 0 Å². The van der Waals surface area contributed by atoms with E-state index in [0.29, 0.717) is 30.3 Å². The first-order valence-electron chi connectivity index (χ1n) is 9.18. The lowest BCUT2D eigenvalue weighted by atomic mass is 9.89. The van der Waals surface area contributed by atoms with Gasteiger partial charge in [0.05, 0.1) is 5.56 Å². The Balaban J connectivity index is 1.86. The molecule has 1 N–H and O–H groups in total. The zero-order chi connectivity index (χ0) is 18.7. The van der Waals surface area contributed by atoms with Crippen LogP contribution in [0.2, 0.25) is 0 Å². The summed E-state index contributed by atoms with van der Waals surface area (Å²) in [6.45, 7) is 4.20. The molecule has 0 aliphatic carbocycles. The highest BCUT2D eigenvalue weighted by Gasteiger charge is 2.32. The first-order valence-corrected chi connectivity index (χ1v) is 9.18. The number of aliphatic hydroxyl groups excluding tert-OH is 1. The molecule has 0 spiro atoms. The second-order valence-electron chi connectivity index (χ2n) is 7.59. The molecule has 1 aliphatic heterocycles. The molecule has 26 heavy (non-hydrogen) atoms. The second kappa shape index (κ2) is 8.06. The fourth-order valence-corrected chi connectivity index (χ4v) is 3.91. The minimum absolute atomic E-state index is 0.0115. The summed E-state index contributed by atoms with van der Waals surface area (Å²) in [5.41, 5.74) is 1.51. The third kappa shape index (κ3) is 4.17. The van der Waals surface area contributed by atoms with E-state index in [-0.39, 0.29) is 18.4 Å². The normalized spacial score (nSPS) is 20.6. The topological polar surface area (TPSA) is 56.9 Å². The Morgan fingerprint density at radius 3 is 2.58 bits per heavy atom. The van der Waals surface area contributed by atoms with Crippen LogP contribution < -0.4 is 0 Å². The molecule has 3 rings (SSSR count). The molecule has 2 heterocycles. The van der Waals surface area contributed by atoms with Crippen molar-refractivity contribution in [3.63, 3.8) is 0 Å². The van der Waals surface area contributed by atoms with Gasteiger partial charge in [-0.05, 0) is 45.3 Å². The summed E-state index contributed by atoms with van der Waals surface area (Å²) in [5.74, 6) is 1.84. The molecule has 0 bridgehead atoms. The number of piperidine rings is 1. The van der Waals surface area contributed by atoms with E-state index < -0.39 is 0 Å². The van der Waals surface area contributed by atoms with E-state index in [4.69, 9.17) is 4.42 Å². The Morgan fingerprint density at radius 2 is 1.92 bits per heavy atom. The Hall–Kier alpha value is -2.11. The molecule has 5 heteroatoms. The van der Waals surface area contributed by atoms with E-state index in [9.17, 15) is 9.90 Å². The maximum Gasteiger partial charge on any atom is 0.257 e. The van der Waals surface area contributed by atoms with Crippen LogP contribution in [0, 0.1) is 18.8 Å². The van der Waals surface area contributed by atoms with Crippen molar-refractivity contribution in [1.29, 1.82) is 0 Å². The minimum Gasteiger partial charge on any atom is -0.461 e. The zero-order valence-corrected chi connectivity index (χ0v) is 15.8. The monoisotopic (exact) mass is 356 g/mol. The highest BCUT2D eigenvalue weighted by molar-refractivity contribution is 6.00. The summed E-state index contributed by atoms with van der Waals surface area (Å²) in [7, 11) is 4.09. The van der Waals surface area contributed by atoms with Crippen LogP contribution in [0.25, 0.3) is 11.3 Å². The summed E-state index contributed by atoms with van der Waals surface area (Å²) in [6.07, 6.45) is 0.953. The van der Waals surface area contributed by atoms with Crippen LogP contribution in [0.3, 0.4) is 0 Å². The first-order chi connectivity index (χ1) is 12.5. The minimum atomic E-state index is -0.0115. The average Bonchev–Trinajstić information content (AvgIpc) is 3.02. The SMILES string of the molecule is Cc1cc(C(=O)N2C[C@@H](CN(C)C)C[C@H](CO)C2)c(-c2ccccc2)o1. The summed E-state index contributed by atoms with van der Waals surface area (Å²) < 4.78 is 5.85. The van der Waals surface area contributed by atoms with E-state index in [0.717, 1.165) is 24.3 Å². The lowest BCUT2D eigenvalue weighted by molar-refractivity contribution is 0.0478. The fourth-order valence-electron chi connectivity index (χ4n) is 3.91. The van der Waals surface area contributed by atoms with Gasteiger partial charge in [0.25, 0.3) is 5.91 Å². The average molecular weight is 356 g/mol. The van der Waals surface area contributed by atoms with Gasteiger partial charge in [0.1, 0.15) is 11.5 Å². The molecule has 1 amide bonds. The highest BCUT2D eigenvalue weighted by atomic mass is 16.3. The Kier molecular flexibility index (Phi) is 5.79. The smallest absolute Gasteiger partial charge is 0.257 e.